The van der Waals surface area contributed by atoms with E-state index >= 15 is 0 Å². The van der Waals surface area contributed by atoms with Crippen molar-refractivity contribution < 1.29 is 14.3 Å². The van der Waals surface area contributed by atoms with Crippen molar-refractivity contribution in [2.75, 3.05) is 5.32 Å². The zero-order valence-electron chi connectivity index (χ0n) is 16.8. The number of anilines is 1. The summed E-state index contributed by atoms with van der Waals surface area (Å²) >= 11 is 2.86. The highest BCUT2D eigenvalue weighted by molar-refractivity contribution is 7.14. The van der Waals surface area contributed by atoms with Crippen molar-refractivity contribution in [1.82, 2.24) is 4.98 Å². The molecule has 0 spiro atoms. The molecule has 0 bridgehead atoms. The number of thiazole rings is 1. The van der Waals surface area contributed by atoms with Crippen LogP contribution in [0.2, 0.25) is 0 Å². The summed E-state index contributed by atoms with van der Waals surface area (Å²) in [5, 5.41) is 5.42. The fourth-order valence-corrected chi connectivity index (χ4v) is 4.63. The SMILES string of the molecule is CCCc1cc(C(=O)OCc2csc(CC(=O)Nc3ccccc3C)n2)sc1C. The minimum Gasteiger partial charge on any atom is -0.455 e. The van der Waals surface area contributed by atoms with E-state index in [1.807, 2.05) is 49.6 Å². The van der Waals surface area contributed by atoms with Gasteiger partial charge in [0.2, 0.25) is 5.91 Å². The summed E-state index contributed by atoms with van der Waals surface area (Å²) in [5.41, 5.74) is 3.68. The molecule has 0 fully saturated rings. The van der Waals surface area contributed by atoms with Gasteiger partial charge in [0, 0.05) is 15.9 Å². The molecule has 0 aliphatic rings. The Morgan fingerprint density at radius 1 is 1.21 bits per heavy atom. The van der Waals surface area contributed by atoms with Gasteiger partial charge in [-0.15, -0.1) is 22.7 Å². The van der Waals surface area contributed by atoms with Crippen molar-refractivity contribution in [3.63, 3.8) is 0 Å². The molecule has 1 N–H and O–H groups in total. The molecule has 0 radical (unpaired) electrons. The number of ether oxygens (including phenoxy) is 1. The van der Waals surface area contributed by atoms with Gasteiger partial charge in [-0.3, -0.25) is 4.79 Å². The Kier molecular flexibility index (Phi) is 7.17. The fourth-order valence-electron chi connectivity index (χ4n) is 2.89. The number of aromatic nitrogens is 1. The second-order valence-electron chi connectivity index (χ2n) is 6.79. The van der Waals surface area contributed by atoms with Crippen LogP contribution in [0.3, 0.4) is 0 Å². The first-order valence-electron chi connectivity index (χ1n) is 9.51. The Hall–Kier alpha value is -2.51. The molecule has 1 aromatic carbocycles. The van der Waals surface area contributed by atoms with Crippen LogP contribution in [0.15, 0.2) is 35.7 Å². The molecule has 0 saturated carbocycles. The summed E-state index contributed by atoms with van der Waals surface area (Å²) < 4.78 is 5.41. The van der Waals surface area contributed by atoms with E-state index in [4.69, 9.17) is 4.74 Å². The number of nitrogens with one attached hydrogen (secondary N) is 1. The maximum absolute atomic E-state index is 12.3. The van der Waals surface area contributed by atoms with Crippen LogP contribution in [-0.4, -0.2) is 16.9 Å². The van der Waals surface area contributed by atoms with Crippen LogP contribution in [0.4, 0.5) is 5.69 Å². The molecule has 29 heavy (non-hydrogen) atoms. The van der Waals surface area contributed by atoms with Crippen molar-refractivity contribution in [2.24, 2.45) is 0 Å². The maximum atomic E-state index is 12.3. The number of carbonyl (C=O) groups excluding carboxylic acids is 2. The van der Waals surface area contributed by atoms with E-state index in [1.54, 1.807) is 0 Å². The third kappa shape index (κ3) is 5.74. The van der Waals surface area contributed by atoms with Crippen molar-refractivity contribution >= 4 is 40.2 Å². The zero-order chi connectivity index (χ0) is 20.8. The fraction of sp³-hybridized carbons (Fsp3) is 0.318. The lowest BCUT2D eigenvalue weighted by molar-refractivity contribution is -0.115. The Morgan fingerprint density at radius 2 is 2.00 bits per heavy atom. The van der Waals surface area contributed by atoms with Gasteiger partial charge >= 0.3 is 5.97 Å². The second kappa shape index (κ2) is 9.80. The van der Waals surface area contributed by atoms with Crippen LogP contribution in [-0.2, 0) is 29.0 Å². The number of rotatable bonds is 8. The predicted molar refractivity (Wildman–Crippen MR) is 118 cm³/mol. The van der Waals surface area contributed by atoms with Crippen molar-refractivity contribution in [2.45, 2.75) is 46.6 Å². The molecule has 0 saturated heterocycles. The van der Waals surface area contributed by atoms with E-state index in [1.165, 1.54) is 28.2 Å². The van der Waals surface area contributed by atoms with Gasteiger partial charge in [0.15, 0.2) is 0 Å². The summed E-state index contributed by atoms with van der Waals surface area (Å²) in [6, 6.07) is 9.57. The number of nitrogens with zero attached hydrogens (tertiary/aromatic N) is 1. The number of hydrogen-bond donors (Lipinski definition) is 1. The second-order valence-corrected chi connectivity index (χ2v) is 8.99. The third-order valence-corrected chi connectivity index (χ3v) is 6.39. The molecule has 5 nitrogen and oxygen atoms in total. The molecule has 7 heteroatoms. The zero-order valence-corrected chi connectivity index (χ0v) is 18.4. The molecule has 2 heterocycles. The molecule has 152 valence electrons. The molecule has 3 rings (SSSR count). The van der Waals surface area contributed by atoms with Crippen LogP contribution < -0.4 is 5.32 Å². The molecule has 0 atom stereocenters. The predicted octanol–water partition coefficient (Wildman–Crippen LogP) is 5.31. The van der Waals surface area contributed by atoms with Crippen LogP contribution >= 0.6 is 22.7 Å². The molecular weight excluding hydrogens is 404 g/mol. The summed E-state index contributed by atoms with van der Waals surface area (Å²) in [5.74, 6) is -0.443. The van der Waals surface area contributed by atoms with Crippen LogP contribution in [0.1, 0.15) is 49.7 Å². The number of esters is 1. The molecule has 1 amide bonds. The monoisotopic (exact) mass is 428 g/mol. The quantitative estimate of drug-likeness (QED) is 0.494. The number of amides is 1. The van der Waals surface area contributed by atoms with E-state index in [-0.39, 0.29) is 24.9 Å². The lowest BCUT2D eigenvalue weighted by Gasteiger charge is -2.06. The lowest BCUT2D eigenvalue weighted by Crippen LogP contribution is -2.15. The number of benzene rings is 1. The van der Waals surface area contributed by atoms with Gasteiger partial charge < -0.3 is 10.1 Å². The lowest BCUT2D eigenvalue weighted by atomic mass is 10.1. The minimum absolute atomic E-state index is 0.106. The molecule has 3 aromatic rings. The van der Waals surface area contributed by atoms with Crippen molar-refractivity contribution in [3.05, 3.63) is 67.3 Å². The highest BCUT2D eigenvalue weighted by Crippen LogP contribution is 2.24. The smallest absolute Gasteiger partial charge is 0.348 e. The molecule has 0 unspecified atom stereocenters. The number of carbonyl (C=O) groups is 2. The van der Waals surface area contributed by atoms with Gasteiger partial charge in [0.25, 0.3) is 0 Å². The largest absolute Gasteiger partial charge is 0.455 e. The maximum Gasteiger partial charge on any atom is 0.348 e. The highest BCUT2D eigenvalue weighted by atomic mass is 32.1. The molecule has 0 aliphatic heterocycles. The molecular formula is C22H24N2O3S2. The van der Waals surface area contributed by atoms with Crippen molar-refractivity contribution in [3.8, 4) is 0 Å². The van der Waals surface area contributed by atoms with Gasteiger partial charge in [-0.1, -0.05) is 31.5 Å². The summed E-state index contributed by atoms with van der Waals surface area (Å²) in [7, 11) is 0. The summed E-state index contributed by atoms with van der Waals surface area (Å²) in [6.45, 7) is 6.21. The van der Waals surface area contributed by atoms with Crippen LogP contribution in [0.5, 0.6) is 0 Å². The average molecular weight is 429 g/mol. The average Bonchev–Trinajstić information content (AvgIpc) is 3.29. The standard InChI is InChI=1S/C22H24N2O3S2/c1-4-7-16-10-19(29-15(16)3)22(26)27-12-17-13-28-21(23-17)11-20(25)24-18-9-6-5-8-14(18)2/h5-6,8-10,13H,4,7,11-12H2,1-3H3,(H,24,25). The van der Waals surface area contributed by atoms with Gasteiger partial charge in [-0.05, 0) is 43.5 Å². The van der Waals surface area contributed by atoms with Gasteiger partial charge in [-0.2, -0.15) is 0 Å². The highest BCUT2D eigenvalue weighted by Gasteiger charge is 2.15. The van der Waals surface area contributed by atoms with E-state index in [0.717, 1.165) is 29.0 Å². The molecule has 0 aliphatic carbocycles. The Labute approximate surface area is 178 Å². The number of para-hydroxylation sites is 1. The van der Waals surface area contributed by atoms with Crippen LogP contribution in [0.25, 0.3) is 0 Å². The normalized spacial score (nSPS) is 10.7. The van der Waals surface area contributed by atoms with Crippen molar-refractivity contribution in [1.29, 1.82) is 0 Å². The topological polar surface area (TPSA) is 68.3 Å². The van der Waals surface area contributed by atoms with Gasteiger partial charge in [0.1, 0.15) is 16.5 Å². The third-order valence-electron chi connectivity index (χ3n) is 4.42. The number of hydrogen-bond acceptors (Lipinski definition) is 6. The summed E-state index contributed by atoms with van der Waals surface area (Å²) in [6.07, 6.45) is 2.21. The Morgan fingerprint density at radius 3 is 2.76 bits per heavy atom. The van der Waals surface area contributed by atoms with E-state index in [2.05, 4.69) is 17.2 Å². The molecule has 2 aromatic heterocycles. The first-order chi connectivity index (χ1) is 14.0. The first kappa shape index (κ1) is 21.2. The van der Waals surface area contributed by atoms with Crippen LogP contribution in [0, 0.1) is 13.8 Å². The van der Waals surface area contributed by atoms with E-state index < -0.39 is 0 Å². The Bertz CT molecular complexity index is 1010. The van der Waals surface area contributed by atoms with Gasteiger partial charge in [0.05, 0.1) is 12.1 Å². The number of thiophene rings is 1. The van der Waals surface area contributed by atoms with Gasteiger partial charge in [-0.25, -0.2) is 9.78 Å². The first-order valence-corrected chi connectivity index (χ1v) is 11.2. The summed E-state index contributed by atoms with van der Waals surface area (Å²) in [4.78, 5) is 30.8. The number of aryl methyl sites for hydroxylation is 3. The van der Waals surface area contributed by atoms with E-state index in [9.17, 15) is 9.59 Å². The minimum atomic E-state index is -0.327. The Balaban J connectivity index is 1.52. The van der Waals surface area contributed by atoms with E-state index in [0.29, 0.717) is 15.6 Å².